The maximum absolute atomic E-state index is 11.1. The number of hydrogen-bond donors (Lipinski definition) is 1. The maximum atomic E-state index is 11.1. The Morgan fingerprint density at radius 2 is 2.06 bits per heavy atom. The van der Waals surface area contributed by atoms with Crippen LogP contribution in [0.2, 0.25) is 5.02 Å². The summed E-state index contributed by atoms with van der Waals surface area (Å²) in [5.74, 6) is -1.11. The first kappa shape index (κ1) is 14.0. The van der Waals surface area contributed by atoms with Gasteiger partial charge in [-0.2, -0.15) is 0 Å². The third-order valence-electron chi connectivity index (χ3n) is 2.65. The van der Waals surface area contributed by atoms with Crippen molar-refractivity contribution in [1.29, 1.82) is 0 Å². The smallest absolute Gasteiger partial charge is 0.306 e. The van der Waals surface area contributed by atoms with Gasteiger partial charge in [0.1, 0.15) is 0 Å². The fraction of sp³-hybridized carbons (Fsp3) is 0.462. The molecule has 0 aromatic heterocycles. The van der Waals surface area contributed by atoms with Crippen LogP contribution in [0.4, 0.5) is 0 Å². The molecule has 1 unspecified atom stereocenters. The van der Waals surface area contributed by atoms with Crippen molar-refractivity contribution in [3.05, 3.63) is 34.9 Å². The molecule has 0 aliphatic carbocycles. The van der Waals surface area contributed by atoms with Gasteiger partial charge in [0.25, 0.3) is 0 Å². The molecule has 0 aliphatic heterocycles. The van der Waals surface area contributed by atoms with E-state index in [4.69, 9.17) is 21.4 Å². The lowest BCUT2D eigenvalue weighted by molar-refractivity contribution is -0.142. The summed E-state index contributed by atoms with van der Waals surface area (Å²) in [7, 11) is 1.62. The van der Waals surface area contributed by atoms with E-state index in [1.165, 1.54) is 0 Å². The first-order valence-corrected chi connectivity index (χ1v) is 5.97. The van der Waals surface area contributed by atoms with Crippen LogP contribution in [0, 0.1) is 5.92 Å². The van der Waals surface area contributed by atoms with Gasteiger partial charge in [-0.1, -0.05) is 23.7 Å². The second-order valence-electron chi connectivity index (χ2n) is 4.00. The van der Waals surface area contributed by atoms with Gasteiger partial charge in [0, 0.05) is 18.7 Å². The Labute approximate surface area is 106 Å². The number of methoxy groups -OCH3 is 1. The lowest BCUT2D eigenvalue weighted by Crippen LogP contribution is -2.17. The third-order valence-corrected chi connectivity index (χ3v) is 2.90. The summed E-state index contributed by atoms with van der Waals surface area (Å²) in [6.07, 6.45) is 1.93. The molecule has 1 aromatic rings. The van der Waals surface area contributed by atoms with Crippen molar-refractivity contribution in [1.82, 2.24) is 0 Å². The number of carboxylic acids is 1. The van der Waals surface area contributed by atoms with E-state index in [1.54, 1.807) is 19.2 Å². The van der Waals surface area contributed by atoms with E-state index in [0.29, 0.717) is 24.5 Å². The Morgan fingerprint density at radius 3 is 2.59 bits per heavy atom. The second-order valence-corrected chi connectivity index (χ2v) is 4.44. The average Bonchev–Trinajstić information content (AvgIpc) is 2.30. The molecule has 1 rings (SSSR count). The average molecular weight is 257 g/mol. The van der Waals surface area contributed by atoms with Gasteiger partial charge < -0.3 is 9.84 Å². The molecule has 0 aliphatic rings. The molecule has 0 radical (unpaired) electrons. The van der Waals surface area contributed by atoms with Gasteiger partial charge in [0.15, 0.2) is 0 Å². The lowest BCUT2D eigenvalue weighted by atomic mass is 9.95. The summed E-state index contributed by atoms with van der Waals surface area (Å²) in [5.41, 5.74) is 0.999. The van der Waals surface area contributed by atoms with Gasteiger partial charge in [0.2, 0.25) is 0 Å². The number of rotatable bonds is 7. The SMILES string of the molecule is COCCCC(Cc1ccc(Cl)cc1)C(=O)O. The highest BCUT2D eigenvalue weighted by atomic mass is 35.5. The number of halogens is 1. The molecule has 1 aromatic carbocycles. The number of carboxylic acid groups (broad SMARTS) is 1. The predicted molar refractivity (Wildman–Crippen MR) is 67.4 cm³/mol. The maximum Gasteiger partial charge on any atom is 0.306 e. The van der Waals surface area contributed by atoms with Gasteiger partial charge in [0.05, 0.1) is 5.92 Å². The van der Waals surface area contributed by atoms with Crippen LogP contribution >= 0.6 is 11.6 Å². The Morgan fingerprint density at radius 1 is 1.41 bits per heavy atom. The number of ether oxygens (including phenoxy) is 1. The van der Waals surface area contributed by atoms with Gasteiger partial charge in [-0.25, -0.2) is 0 Å². The largest absolute Gasteiger partial charge is 0.481 e. The first-order chi connectivity index (χ1) is 8.13. The van der Waals surface area contributed by atoms with Gasteiger partial charge in [-0.15, -0.1) is 0 Å². The van der Waals surface area contributed by atoms with Crippen LogP contribution in [-0.4, -0.2) is 24.8 Å². The molecule has 3 nitrogen and oxygen atoms in total. The van der Waals surface area contributed by atoms with Crippen molar-refractivity contribution in [3.8, 4) is 0 Å². The van der Waals surface area contributed by atoms with Gasteiger partial charge >= 0.3 is 5.97 Å². The zero-order valence-electron chi connectivity index (χ0n) is 9.86. The molecule has 0 spiro atoms. The number of aliphatic carboxylic acids is 1. The van der Waals surface area contributed by atoms with E-state index < -0.39 is 5.97 Å². The normalized spacial score (nSPS) is 12.4. The summed E-state index contributed by atoms with van der Waals surface area (Å²) in [6, 6.07) is 7.30. The molecule has 94 valence electrons. The standard InChI is InChI=1S/C13H17ClO3/c1-17-8-2-3-11(13(15)16)9-10-4-6-12(14)7-5-10/h4-7,11H,2-3,8-9H2,1H3,(H,15,16). The van der Waals surface area contributed by atoms with Crippen LogP contribution in [0.15, 0.2) is 24.3 Å². The van der Waals surface area contributed by atoms with E-state index in [1.807, 2.05) is 12.1 Å². The molecule has 17 heavy (non-hydrogen) atoms. The predicted octanol–water partition coefficient (Wildman–Crippen LogP) is 3.01. The third kappa shape index (κ3) is 5.20. The van der Waals surface area contributed by atoms with Crippen molar-refractivity contribution < 1.29 is 14.6 Å². The van der Waals surface area contributed by atoms with E-state index >= 15 is 0 Å². The zero-order chi connectivity index (χ0) is 12.7. The molecule has 0 heterocycles. The Bertz CT molecular complexity index is 348. The van der Waals surface area contributed by atoms with E-state index in [0.717, 1.165) is 12.0 Å². The Balaban J connectivity index is 2.54. The molecule has 0 fully saturated rings. The minimum Gasteiger partial charge on any atom is -0.481 e. The highest BCUT2D eigenvalue weighted by Crippen LogP contribution is 2.17. The van der Waals surface area contributed by atoms with Crippen molar-refractivity contribution in [2.45, 2.75) is 19.3 Å². The minimum atomic E-state index is -0.754. The molecule has 4 heteroatoms. The zero-order valence-corrected chi connectivity index (χ0v) is 10.6. The summed E-state index contributed by atoms with van der Waals surface area (Å²) in [6.45, 7) is 0.602. The molecule has 1 atom stereocenters. The van der Waals surface area contributed by atoms with Crippen LogP contribution < -0.4 is 0 Å². The highest BCUT2D eigenvalue weighted by Gasteiger charge is 2.17. The summed E-state index contributed by atoms with van der Waals surface area (Å²) >= 11 is 5.78. The van der Waals surface area contributed by atoms with Crippen molar-refractivity contribution >= 4 is 17.6 Å². The van der Waals surface area contributed by atoms with E-state index in [-0.39, 0.29) is 5.92 Å². The molecule has 0 saturated heterocycles. The van der Waals surface area contributed by atoms with E-state index in [9.17, 15) is 4.79 Å². The molecule has 0 amide bonds. The number of hydrogen-bond acceptors (Lipinski definition) is 2. The monoisotopic (exact) mass is 256 g/mol. The Kier molecular flexibility index (Phi) is 6.01. The lowest BCUT2D eigenvalue weighted by Gasteiger charge is -2.12. The second kappa shape index (κ2) is 7.30. The van der Waals surface area contributed by atoms with Crippen LogP contribution in [0.1, 0.15) is 18.4 Å². The fourth-order valence-corrected chi connectivity index (χ4v) is 1.82. The number of benzene rings is 1. The summed E-state index contributed by atoms with van der Waals surface area (Å²) in [5, 5.41) is 9.79. The van der Waals surface area contributed by atoms with Crippen LogP contribution in [0.5, 0.6) is 0 Å². The molecule has 1 N–H and O–H groups in total. The minimum absolute atomic E-state index is 0.355. The molecule has 0 saturated carbocycles. The van der Waals surface area contributed by atoms with Gasteiger partial charge in [-0.05, 0) is 37.0 Å². The highest BCUT2D eigenvalue weighted by molar-refractivity contribution is 6.30. The summed E-state index contributed by atoms with van der Waals surface area (Å²) < 4.78 is 4.93. The number of carbonyl (C=O) groups is 1. The van der Waals surface area contributed by atoms with Crippen molar-refractivity contribution in [2.24, 2.45) is 5.92 Å². The molecule has 0 bridgehead atoms. The van der Waals surface area contributed by atoms with Crippen LogP contribution in [0.3, 0.4) is 0 Å². The van der Waals surface area contributed by atoms with E-state index in [2.05, 4.69) is 0 Å². The quantitative estimate of drug-likeness (QED) is 0.763. The van der Waals surface area contributed by atoms with Crippen molar-refractivity contribution in [3.63, 3.8) is 0 Å². The van der Waals surface area contributed by atoms with Crippen molar-refractivity contribution in [2.75, 3.05) is 13.7 Å². The van der Waals surface area contributed by atoms with Gasteiger partial charge in [-0.3, -0.25) is 4.79 Å². The Hall–Kier alpha value is -1.06. The molecular weight excluding hydrogens is 240 g/mol. The topological polar surface area (TPSA) is 46.5 Å². The first-order valence-electron chi connectivity index (χ1n) is 5.59. The van der Waals surface area contributed by atoms with Crippen LogP contribution in [-0.2, 0) is 16.0 Å². The van der Waals surface area contributed by atoms with Crippen LogP contribution in [0.25, 0.3) is 0 Å². The fourth-order valence-electron chi connectivity index (χ4n) is 1.69. The molecular formula is C13H17ClO3. The summed E-state index contributed by atoms with van der Waals surface area (Å²) in [4.78, 5) is 11.1.